The zero-order chi connectivity index (χ0) is 24.9. The molecule has 0 radical (unpaired) electrons. The van der Waals surface area contributed by atoms with Crippen molar-refractivity contribution >= 4 is 52.5 Å². The van der Waals surface area contributed by atoms with Crippen molar-refractivity contribution in [3.8, 4) is 6.07 Å². The summed E-state index contributed by atoms with van der Waals surface area (Å²) in [6.45, 7) is 2.17. The van der Waals surface area contributed by atoms with Gasteiger partial charge in [-0.2, -0.15) is 5.26 Å². The molecule has 1 aliphatic rings. The van der Waals surface area contributed by atoms with E-state index in [9.17, 15) is 14.9 Å². The van der Waals surface area contributed by atoms with Gasteiger partial charge in [-0.1, -0.05) is 54.0 Å². The third-order valence-electron chi connectivity index (χ3n) is 5.46. The van der Waals surface area contributed by atoms with Gasteiger partial charge in [-0.15, -0.1) is 0 Å². The number of amides is 2. The molecule has 1 aliphatic heterocycles. The Labute approximate surface area is 217 Å². The molecule has 3 aromatic rings. The van der Waals surface area contributed by atoms with Crippen molar-refractivity contribution in [1.82, 2.24) is 5.32 Å². The molecular formula is C26H21Cl2N3O3S. The fraction of sp³-hybridized carbons (Fsp3) is 0.192. The van der Waals surface area contributed by atoms with E-state index >= 15 is 0 Å². The molecule has 1 unspecified atom stereocenters. The fourth-order valence-electron chi connectivity index (χ4n) is 3.71. The lowest BCUT2D eigenvalue weighted by Gasteiger charge is -2.19. The molecule has 178 valence electrons. The number of thioether (sulfide) groups is 1. The lowest BCUT2D eigenvalue weighted by atomic mass is 10.1. The standard InChI is InChI=1S/C26H21Cl2N3O3S/c1-2-16-5-7-20(8-6-16)31-25(33)23(12-17-10-18(27)13-19(28)11-17)35-26(31)22(14-29)24(32)30-15-21-4-3-9-34-21/h3-11,13,23H,2,12,15H2,1H3,(H,30,32)/b26-22-. The van der Waals surface area contributed by atoms with Crippen molar-refractivity contribution in [2.45, 2.75) is 31.6 Å². The number of nitrogens with one attached hydrogen (secondary N) is 1. The highest BCUT2D eigenvalue weighted by atomic mass is 35.5. The summed E-state index contributed by atoms with van der Waals surface area (Å²) in [6, 6.07) is 18.1. The molecule has 1 fully saturated rings. The lowest BCUT2D eigenvalue weighted by Crippen LogP contribution is -2.32. The Hall–Kier alpha value is -3.18. The van der Waals surface area contributed by atoms with Gasteiger partial charge in [-0.3, -0.25) is 14.5 Å². The predicted octanol–water partition coefficient (Wildman–Crippen LogP) is 5.89. The molecule has 0 saturated carbocycles. The molecule has 2 amide bonds. The number of aryl methyl sites for hydroxylation is 1. The summed E-state index contributed by atoms with van der Waals surface area (Å²) in [4.78, 5) is 28.0. The van der Waals surface area contributed by atoms with E-state index in [1.807, 2.05) is 37.3 Å². The van der Waals surface area contributed by atoms with E-state index in [2.05, 4.69) is 5.32 Å². The maximum Gasteiger partial charge on any atom is 0.265 e. The molecule has 1 aromatic heterocycles. The van der Waals surface area contributed by atoms with Gasteiger partial charge in [0.15, 0.2) is 0 Å². The van der Waals surface area contributed by atoms with Crippen LogP contribution < -0.4 is 10.2 Å². The number of carbonyl (C=O) groups is 2. The van der Waals surface area contributed by atoms with Crippen LogP contribution in [0.15, 0.2) is 75.9 Å². The van der Waals surface area contributed by atoms with E-state index in [4.69, 9.17) is 27.6 Å². The molecule has 35 heavy (non-hydrogen) atoms. The van der Waals surface area contributed by atoms with Crippen molar-refractivity contribution in [3.63, 3.8) is 0 Å². The number of hydrogen-bond acceptors (Lipinski definition) is 5. The molecule has 0 aliphatic carbocycles. The minimum atomic E-state index is -0.583. The van der Waals surface area contributed by atoms with E-state index in [0.29, 0.717) is 27.9 Å². The quantitative estimate of drug-likeness (QED) is 0.307. The fourth-order valence-corrected chi connectivity index (χ4v) is 5.59. The van der Waals surface area contributed by atoms with Crippen molar-refractivity contribution in [2.24, 2.45) is 0 Å². The van der Waals surface area contributed by atoms with Gasteiger partial charge in [-0.25, -0.2) is 0 Å². The zero-order valence-corrected chi connectivity index (χ0v) is 21.1. The van der Waals surface area contributed by atoms with Crippen LogP contribution in [-0.4, -0.2) is 17.1 Å². The molecule has 0 spiro atoms. The van der Waals surface area contributed by atoms with Crippen LogP contribution in [0.3, 0.4) is 0 Å². The van der Waals surface area contributed by atoms with E-state index in [-0.39, 0.29) is 23.1 Å². The number of furan rings is 1. The maximum atomic E-state index is 13.6. The molecule has 0 bridgehead atoms. The number of halogens is 2. The van der Waals surface area contributed by atoms with Gasteiger partial charge in [0.05, 0.1) is 18.1 Å². The van der Waals surface area contributed by atoms with Gasteiger partial charge < -0.3 is 9.73 Å². The number of anilines is 1. The highest BCUT2D eigenvalue weighted by Gasteiger charge is 2.40. The summed E-state index contributed by atoms with van der Waals surface area (Å²) in [6.07, 6.45) is 2.69. The maximum absolute atomic E-state index is 13.6. The van der Waals surface area contributed by atoms with Crippen LogP contribution in [-0.2, 0) is 29.0 Å². The van der Waals surface area contributed by atoms with Gasteiger partial charge in [0.1, 0.15) is 22.4 Å². The number of hydrogen-bond donors (Lipinski definition) is 1. The van der Waals surface area contributed by atoms with Crippen LogP contribution in [0.5, 0.6) is 0 Å². The SMILES string of the molecule is CCc1ccc(N2C(=O)C(Cc3cc(Cl)cc(Cl)c3)S/C2=C(/C#N)C(=O)NCc2ccco2)cc1. The first-order valence-electron chi connectivity index (χ1n) is 10.9. The van der Waals surface area contributed by atoms with Gasteiger partial charge >= 0.3 is 0 Å². The lowest BCUT2D eigenvalue weighted by molar-refractivity contribution is -0.117. The molecule has 1 N–H and O–H groups in total. The van der Waals surface area contributed by atoms with Crippen molar-refractivity contribution in [3.05, 3.63) is 98.4 Å². The van der Waals surface area contributed by atoms with Gasteiger partial charge in [-0.05, 0) is 66.4 Å². The average Bonchev–Trinajstić information content (AvgIpc) is 3.46. The Morgan fingerprint density at radius 1 is 1.14 bits per heavy atom. The summed E-state index contributed by atoms with van der Waals surface area (Å²) < 4.78 is 5.25. The summed E-state index contributed by atoms with van der Waals surface area (Å²) in [5.41, 5.74) is 2.35. The highest BCUT2D eigenvalue weighted by molar-refractivity contribution is 8.05. The van der Waals surface area contributed by atoms with Gasteiger partial charge in [0, 0.05) is 15.7 Å². The summed E-state index contributed by atoms with van der Waals surface area (Å²) in [5, 5.41) is 13.3. The van der Waals surface area contributed by atoms with Crippen LogP contribution in [0.4, 0.5) is 5.69 Å². The molecule has 1 saturated heterocycles. The van der Waals surface area contributed by atoms with Crippen LogP contribution in [0.2, 0.25) is 10.0 Å². The topological polar surface area (TPSA) is 86.3 Å². The minimum absolute atomic E-state index is 0.124. The second-order valence-electron chi connectivity index (χ2n) is 7.84. The first-order valence-corrected chi connectivity index (χ1v) is 12.5. The highest BCUT2D eigenvalue weighted by Crippen LogP contribution is 2.42. The van der Waals surface area contributed by atoms with Crippen LogP contribution in [0.25, 0.3) is 0 Å². The number of carbonyl (C=O) groups excluding carboxylic acids is 2. The second-order valence-corrected chi connectivity index (χ2v) is 9.90. The second kappa shape index (κ2) is 11.0. The van der Waals surface area contributed by atoms with Gasteiger partial charge in [0.25, 0.3) is 5.91 Å². The Balaban J connectivity index is 1.69. The molecule has 4 rings (SSSR count). The third-order valence-corrected chi connectivity index (χ3v) is 7.15. The molecule has 2 aromatic carbocycles. The summed E-state index contributed by atoms with van der Waals surface area (Å²) in [5.74, 6) is -0.253. The van der Waals surface area contributed by atoms with E-state index in [1.54, 1.807) is 30.3 Å². The van der Waals surface area contributed by atoms with Crippen molar-refractivity contribution < 1.29 is 14.0 Å². The summed E-state index contributed by atoms with van der Waals surface area (Å²) in [7, 11) is 0. The predicted molar refractivity (Wildman–Crippen MR) is 138 cm³/mol. The monoisotopic (exact) mass is 525 g/mol. The largest absolute Gasteiger partial charge is 0.467 e. The Kier molecular flexibility index (Phi) is 7.86. The molecular weight excluding hydrogens is 505 g/mol. The number of nitriles is 1. The van der Waals surface area contributed by atoms with Crippen LogP contribution >= 0.6 is 35.0 Å². The van der Waals surface area contributed by atoms with E-state index in [0.717, 1.165) is 17.5 Å². The molecule has 1 atom stereocenters. The smallest absolute Gasteiger partial charge is 0.265 e. The zero-order valence-electron chi connectivity index (χ0n) is 18.8. The number of nitrogens with zero attached hydrogens (tertiary/aromatic N) is 2. The van der Waals surface area contributed by atoms with E-state index in [1.165, 1.54) is 22.9 Å². The van der Waals surface area contributed by atoms with Crippen molar-refractivity contribution in [1.29, 1.82) is 5.26 Å². The van der Waals surface area contributed by atoms with E-state index < -0.39 is 11.2 Å². The molecule has 6 nitrogen and oxygen atoms in total. The Bertz CT molecular complexity index is 1290. The number of benzene rings is 2. The summed E-state index contributed by atoms with van der Waals surface area (Å²) >= 11 is 13.5. The average molecular weight is 526 g/mol. The Morgan fingerprint density at radius 3 is 2.46 bits per heavy atom. The molecule has 9 heteroatoms. The van der Waals surface area contributed by atoms with Crippen LogP contribution in [0, 0.1) is 11.3 Å². The Morgan fingerprint density at radius 2 is 1.86 bits per heavy atom. The van der Waals surface area contributed by atoms with Gasteiger partial charge in [0.2, 0.25) is 5.91 Å². The van der Waals surface area contributed by atoms with Crippen molar-refractivity contribution in [2.75, 3.05) is 4.90 Å². The minimum Gasteiger partial charge on any atom is -0.467 e. The van der Waals surface area contributed by atoms with Crippen LogP contribution in [0.1, 0.15) is 23.8 Å². The first kappa shape index (κ1) is 24.9. The third kappa shape index (κ3) is 5.73. The molecule has 2 heterocycles. The number of rotatable bonds is 7. The first-order chi connectivity index (χ1) is 16.9. The normalized spacial score (nSPS) is 16.8.